The number of carbonyl (C=O) groups excluding carboxylic acids is 1. The quantitative estimate of drug-likeness (QED) is 0.749. The van der Waals surface area contributed by atoms with Crippen molar-refractivity contribution >= 4 is 29.1 Å². The standard InChI is InChI=1S/C11H16Cl2N2O/c1-3-6-15(11(16)10(12)13)8-9-5-4-7-14(9)2/h4-5,7,10H,3,6,8H2,1-2H3. The minimum absolute atomic E-state index is 0.230. The minimum atomic E-state index is -0.980. The van der Waals surface area contributed by atoms with E-state index in [1.807, 2.05) is 36.9 Å². The van der Waals surface area contributed by atoms with Crippen molar-refractivity contribution in [3.8, 4) is 0 Å². The zero-order chi connectivity index (χ0) is 12.1. The molecule has 0 saturated carbocycles. The van der Waals surface area contributed by atoms with Crippen LogP contribution in [0.5, 0.6) is 0 Å². The van der Waals surface area contributed by atoms with Gasteiger partial charge in [-0.05, 0) is 18.6 Å². The third kappa shape index (κ3) is 3.42. The van der Waals surface area contributed by atoms with Crippen LogP contribution in [0.1, 0.15) is 19.0 Å². The molecule has 1 aromatic heterocycles. The van der Waals surface area contributed by atoms with Gasteiger partial charge in [-0.3, -0.25) is 4.79 Å². The Kier molecular flexibility index (Phi) is 5.16. The summed E-state index contributed by atoms with van der Waals surface area (Å²) in [4.78, 5) is 12.4. The molecule has 0 aliphatic rings. The van der Waals surface area contributed by atoms with Crippen LogP contribution in [0.4, 0.5) is 0 Å². The van der Waals surface area contributed by atoms with Crippen molar-refractivity contribution in [2.24, 2.45) is 7.05 Å². The number of carbonyl (C=O) groups is 1. The summed E-state index contributed by atoms with van der Waals surface area (Å²) in [6.45, 7) is 3.23. The molecule has 1 aromatic rings. The Hall–Kier alpha value is -0.670. The average molecular weight is 263 g/mol. The molecule has 0 aromatic carbocycles. The summed E-state index contributed by atoms with van der Waals surface area (Å²) in [5, 5.41) is 0. The molecule has 90 valence electrons. The number of nitrogens with zero attached hydrogens (tertiary/aromatic N) is 2. The van der Waals surface area contributed by atoms with Gasteiger partial charge in [0.1, 0.15) is 0 Å². The van der Waals surface area contributed by atoms with E-state index in [9.17, 15) is 4.79 Å². The highest BCUT2D eigenvalue weighted by molar-refractivity contribution is 6.53. The topological polar surface area (TPSA) is 25.2 Å². The summed E-state index contributed by atoms with van der Waals surface area (Å²) < 4.78 is 1.98. The first kappa shape index (κ1) is 13.4. The molecule has 1 rings (SSSR count). The molecule has 3 nitrogen and oxygen atoms in total. The maximum atomic E-state index is 11.7. The Balaban J connectivity index is 2.72. The summed E-state index contributed by atoms with van der Waals surface area (Å²) >= 11 is 11.2. The van der Waals surface area contributed by atoms with Crippen LogP contribution in [0, 0.1) is 0 Å². The van der Waals surface area contributed by atoms with Gasteiger partial charge >= 0.3 is 0 Å². The molecular weight excluding hydrogens is 247 g/mol. The second-order valence-electron chi connectivity index (χ2n) is 3.67. The zero-order valence-corrected chi connectivity index (χ0v) is 11.0. The van der Waals surface area contributed by atoms with Crippen LogP contribution in [-0.2, 0) is 18.4 Å². The van der Waals surface area contributed by atoms with Gasteiger partial charge in [-0.1, -0.05) is 30.1 Å². The van der Waals surface area contributed by atoms with E-state index in [1.54, 1.807) is 4.90 Å². The van der Waals surface area contributed by atoms with Gasteiger partial charge in [0.05, 0.1) is 6.54 Å². The van der Waals surface area contributed by atoms with Crippen molar-refractivity contribution in [1.29, 1.82) is 0 Å². The molecule has 0 spiro atoms. The van der Waals surface area contributed by atoms with Gasteiger partial charge in [0, 0.05) is 25.5 Å². The monoisotopic (exact) mass is 262 g/mol. The third-order valence-electron chi connectivity index (χ3n) is 2.40. The summed E-state index contributed by atoms with van der Waals surface area (Å²) in [6, 6.07) is 3.93. The summed E-state index contributed by atoms with van der Waals surface area (Å²) in [7, 11) is 1.95. The maximum Gasteiger partial charge on any atom is 0.256 e. The van der Waals surface area contributed by atoms with Crippen LogP contribution < -0.4 is 0 Å². The number of aromatic nitrogens is 1. The number of hydrogen-bond donors (Lipinski definition) is 0. The van der Waals surface area contributed by atoms with Crippen LogP contribution in [0.25, 0.3) is 0 Å². The van der Waals surface area contributed by atoms with Crippen LogP contribution in [0.3, 0.4) is 0 Å². The van der Waals surface area contributed by atoms with E-state index in [2.05, 4.69) is 0 Å². The highest BCUT2D eigenvalue weighted by atomic mass is 35.5. The second kappa shape index (κ2) is 6.16. The summed E-state index contributed by atoms with van der Waals surface area (Å²) in [5.41, 5.74) is 1.07. The molecule has 5 heteroatoms. The fourth-order valence-corrected chi connectivity index (χ4v) is 1.81. The highest BCUT2D eigenvalue weighted by Crippen LogP contribution is 2.12. The predicted molar refractivity (Wildman–Crippen MR) is 66.6 cm³/mol. The first-order valence-electron chi connectivity index (χ1n) is 5.23. The molecule has 0 aliphatic heterocycles. The molecule has 0 aliphatic carbocycles. The molecule has 0 bridgehead atoms. The molecule has 0 atom stereocenters. The first-order valence-corrected chi connectivity index (χ1v) is 6.10. The molecule has 0 N–H and O–H groups in total. The molecule has 0 fully saturated rings. The maximum absolute atomic E-state index is 11.7. The van der Waals surface area contributed by atoms with E-state index >= 15 is 0 Å². The molecule has 1 heterocycles. The molecule has 0 saturated heterocycles. The van der Waals surface area contributed by atoms with Gasteiger partial charge < -0.3 is 9.47 Å². The number of hydrogen-bond acceptors (Lipinski definition) is 1. The van der Waals surface area contributed by atoms with Crippen LogP contribution in [-0.4, -0.2) is 26.8 Å². The van der Waals surface area contributed by atoms with Gasteiger partial charge in [-0.25, -0.2) is 0 Å². The molecule has 0 unspecified atom stereocenters. The minimum Gasteiger partial charge on any atom is -0.353 e. The largest absolute Gasteiger partial charge is 0.353 e. The van der Waals surface area contributed by atoms with Crippen molar-refractivity contribution in [3.63, 3.8) is 0 Å². The number of aryl methyl sites for hydroxylation is 1. The van der Waals surface area contributed by atoms with Crippen molar-refractivity contribution in [2.75, 3.05) is 6.54 Å². The van der Waals surface area contributed by atoms with Gasteiger partial charge in [-0.2, -0.15) is 0 Å². The molecular formula is C11H16Cl2N2O. The van der Waals surface area contributed by atoms with E-state index in [-0.39, 0.29) is 5.91 Å². The summed E-state index contributed by atoms with van der Waals surface area (Å²) in [5.74, 6) is -0.230. The molecule has 1 amide bonds. The normalized spacial score (nSPS) is 10.8. The lowest BCUT2D eigenvalue weighted by molar-refractivity contribution is -0.130. The van der Waals surface area contributed by atoms with Crippen LogP contribution in [0.15, 0.2) is 18.3 Å². The number of amides is 1. The van der Waals surface area contributed by atoms with E-state index in [4.69, 9.17) is 23.2 Å². The Labute approximate surface area is 106 Å². The van der Waals surface area contributed by atoms with Crippen molar-refractivity contribution < 1.29 is 4.79 Å². The number of rotatable bonds is 5. The van der Waals surface area contributed by atoms with Crippen molar-refractivity contribution in [3.05, 3.63) is 24.0 Å². The number of alkyl halides is 2. The van der Waals surface area contributed by atoms with Gasteiger partial charge in [0.25, 0.3) is 5.91 Å². The Bertz CT molecular complexity index is 350. The number of halogens is 2. The second-order valence-corrected chi connectivity index (χ2v) is 4.77. The Morgan fingerprint density at radius 2 is 2.25 bits per heavy atom. The van der Waals surface area contributed by atoms with E-state index in [1.165, 1.54) is 0 Å². The third-order valence-corrected chi connectivity index (χ3v) is 2.77. The van der Waals surface area contributed by atoms with Gasteiger partial charge in [0.15, 0.2) is 4.84 Å². The summed E-state index contributed by atoms with van der Waals surface area (Å²) in [6.07, 6.45) is 2.83. The lowest BCUT2D eigenvalue weighted by atomic mass is 10.3. The van der Waals surface area contributed by atoms with Gasteiger partial charge in [-0.15, -0.1) is 0 Å². The van der Waals surface area contributed by atoms with E-state index in [0.29, 0.717) is 13.1 Å². The van der Waals surface area contributed by atoms with Crippen LogP contribution in [0.2, 0.25) is 0 Å². The smallest absolute Gasteiger partial charge is 0.256 e. The highest BCUT2D eigenvalue weighted by Gasteiger charge is 2.20. The zero-order valence-electron chi connectivity index (χ0n) is 9.49. The first-order chi connectivity index (χ1) is 7.56. The van der Waals surface area contributed by atoms with E-state index < -0.39 is 4.84 Å². The van der Waals surface area contributed by atoms with Crippen molar-refractivity contribution in [2.45, 2.75) is 24.7 Å². The predicted octanol–water partition coefficient (Wildman–Crippen LogP) is 2.57. The lowest BCUT2D eigenvalue weighted by Crippen LogP contribution is -2.35. The van der Waals surface area contributed by atoms with E-state index in [0.717, 1.165) is 12.1 Å². The SMILES string of the molecule is CCCN(Cc1cccn1C)C(=O)C(Cl)Cl. The molecule has 16 heavy (non-hydrogen) atoms. The van der Waals surface area contributed by atoms with Gasteiger partial charge in [0.2, 0.25) is 0 Å². The Morgan fingerprint density at radius 3 is 2.69 bits per heavy atom. The fraction of sp³-hybridized carbons (Fsp3) is 0.545. The molecule has 0 radical (unpaired) electrons. The lowest BCUT2D eigenvalue weighted by Gasteiger charge is -2.22. The Morgan fingerprint density at radius 1 is 1.56 bits per heavy atom. The van der Waals surface area contributed by atoms with Crippen molar-refractivity contribution in [1.82, 2.24) is 9.47 Å². The van der Waals surface area contributed by atoms with Crippen LogP contribution >= 0.6 is 23.2 Å². The fourth-order valence-electron chi connectivity index (χ4n) is 1.53. The average Bonchev–Trinajstić information content (AvgIpc) is 2.62.